The predicted molar refractivity (Wildman–Crippen MR) is 309 cm³/mol. The molecule has 0 aliphatic carbocycles. The molecule has 6 N–H and O–H groups in total. The van der Waals surface area contributed by atoms with Crippen LogP contribution in [-0.4, -0.2) is 87.5 Å². The topological polar surface area (TPSA) is 149 Å². The van der Waals surface area contributed by atoms with E-state index in [1.165, 1.54) is 231 Å². The molecule has 9 nitrogen and oxygen atoms in total. The van der Waals surface area contributed by atoms with Gasteiger partial charge in [0.05, 0.1) is 25.4 Å². The molecule has 0 saturated carbocycles. The minimum Gasteiger partial charge on any atom is -0.394 e. The van der Waals surface area contributed by atoms with Crippen LogP contribution in [0.5, 0.6) is 0 Å². The van der Waals surface area contributed by atoms with Gasteiger partial charge in [-0.1, -0.05) is 288 Å². The van der Waals surface area contributed by atoms with Crippen molar-refractivity contribution in [2.75, 3.05) is 13.2 Å². The van der Waals surface area contributed by atoms with E-state index < -0.39 is 49.5 Å². The van der Waals surface area contributed by atoms with Crippen molar-refractivity contribution in [2.24, 2.45) is 0 Å². The van der Waals surface area contributed by atoms with Gasteiger partial charge in [0.1, 0.15) is 24.4 Å². The lowest BCUT2D eigenvalue weighted by Crippen LogP contribution is -2.60. The van der Waals surface area contributed by atoms with Crippen LogP contribution in [0.4, 0.5) is 0 Å². The Hall–Kier alpha value is -1.59. The second-order valence-corrected chi connectivity index (χ2v) is 22.2. The first-order valence-corrected chi connectivity index (χ1v) is 31.7. The number of allylic oxidation sites excluding steroid dienone is 6. The molecule has 1 fully saturated rings. The quantitative estimate of drug-likeness (QED) is 0.0261. The molecule has 0 spiro atoms. The van der Waals surface area contributed by atoms with E-state index in [4.69, 9.17) is 9.47 Å². The SMILES string of the molecule is CCCCCCC/C=C\C/C=C\C/C=C\CCCCCCCCCCCCCCCCCCCCCCC(=O)NC(COC1OC(CO)C(O)C(O)C1O)C(O)CCCCCCCCCCCCCCCCC. The van der Waals surface area contributed by atoms with Gasteiger partial charge >= 0.3 is 0 Å². The summed E-state index contributed by atoms with van der Waals surface area (Å²) in [5.74, 6) is -0.139. The van der Waals surface area contributed by atoms with Gasteiger partial charge < -0.3 is 40.3 Å². The number of nitrogens with one attached hydrogen (secondary N) is 1. The number of amides is 1. The number of aliphatic hydroxyl groups is 5. The van der Waals surface area contributed by atoms with Crippen molar-refractivity contribution in [1.29, 1.82) is 0 Å². The Balaban J connectivity index is 2.08. The first kappa shape index (κ1) is 69.4. The van der Waals surface area contributed by atoms with Gasteiger partial charge in [0, 0.05) is 6.42 Å². The zero-order valence-corrected chi connectivity index (χ0v) is 47.9. The summed E-state index contributed by atoms with van der Waals surface area (Å²) >= 11 is 0. The number of rotatable bonds is 55. The van der Waals surface area contributed by atoms with Crippen molar-refractivity contribution in [2.45, 2.75) is 352 Å². The van der Waals surface area contributed by atoms with Crippen LogP contribution in [0.25, 0.3) is 0 Å². The molecule has 1 aliphatic heterocycles. The Kier molecular flexibility index (Phi) is 51.2. The van der Waals surface area contributed by atoms with Gasteiger partial charge in [0.2, 0.25) is 5.91 Å². The number of carbonyl (C=O) groups excluding carboxylic acids is 1. The maximum absolute atomic E-state index is 13.1. The minimum absolute atomic E-state index is 0.134. The molecule has 9 heteroatoms. The Bertz CT molecular complexity index is 1240. The lowest BCUT2D eigenvalue weighted by Gasteiger charge is -2.40. The van der Waals surface area contributed by atoms with Crippen LogP contribution in [0, 0.1) is 0 Å². The summed E-state index contributed by atoms with van der Waals surface area (Å²) in [5.41, 5.74) is 0. The molecular formula is C64H121NO8. The van der Waals surface area contributed by atoms with Crippen LogP contribution in [0.3, 0.4) is 0 Å². The van der Waals surface area contributed by atoms with E-state index >= 15 is 0 Å². The molecule has 0 aromatic carbocycles. The number of carbonyl (C=O) groups is 1. The van der Waals surface area contributed by atoms with Crippen molar-refractivity contribution in [3.63, 3.8) is 0 Å². The van der Waals surface area contributed by atoms with Crippen LogP contribution >= 0.6 is 0 Å². The molecule has 0 aromatic rings. The highest BCUT2D eigenvalue weighted by atomic mass is 16.7. The molecule has 0 radical (unpaired) electrons. The molecule has 1 rings (SSSR count). The molecule has 73 heavy (non-hydrogen) atoms. The van der Waals surface area contributed by atoms with Gasteiger partial charge in [-0.3, -0.25) is 4.79 Å². The lowest BCUT2D eigenvalue weighted by atomic mass is 9.99. The normalized spacial score (nSPS) is 19.2. The zero-order chi connectivity index (χ0) is 52.9. The molecular weight excluding hydrogens is 911 g/mol. The summed E-state index contributed by atoms with van der Waals surface area (Å²) < 4.78 is 11.3. The molecule has 430 valence electrons. The molecule has 1 amide bonds. The molecule has 7 atom stereocenters. The highest BCUT2D eigenvalue weighted by Gasteiger charge is 2.44. The van der Waals surface area contributed by atoms with Crippen molar-refractivity contribution in [3.05, 3.63) is 36.5 Å². The summed E-state index contributed by atoms with van der Waals surface area (Å²) in [5, 5.41) is 54.7. The standard InChI is InChI=1S/C64H121NO8/c1-3-5-7-9-11-13-15-17-19-20-21-22-23-24-25-26-27-28-29-30-31-32-33-34-35-36-37-38-40-42-44-46-48-50-52-54-60(68)65-57(56-72-64-63(71)62(70)61(69)59(55-66)73-64)58(67)53-51-49-47-45-43-41-39-18-16-14-12-10-8-6-4-2/h15,17,20-21,23-24,57-59,61-64,66-67,69-71H,3-14,16,18-19,22,25-56H2,1-2H3,(H,65,68)/b17-15-,21-20-,24-23-. The highest BCUT2D eigenvalue weighted by molar-refractivity contribution is 5.76. The average molecular weight is 1030 g/mol. The Morgan fingerprint density at radius 1 is 0.466 bits per heavy atom. The number of aliphatic hydroxyl groups excluding tert-OH is 5. The van der Waals surface area contributed by atoms with E-state index in [9.17, 15) is 30.3 Å². The molecule has 7 unspecified atom stereocenters. The van der Waals surface area contributed by atoms with E-state index in [0.29, 0.717) is 12.8 Å². The van der Waals surface area contributed by atoms with Gasteiger partial charge in [-0.15, -0.1) is 0 Å². The summed E-state index contributed by atoms with van der Waals surface area (Å²) in [6.07, 6.45) is 63.4. The van der Waals surface area contributed by atoms with Crippen LogP contribution in [0.15, 0.2) is 36.5 Å². The summed E-state index contributed by atoms with van der Waals surface area (Å²) in [6.45, 7) is 3.85. The van der Waals surface area contributed by atoms with Crippen LogP contribution in [0.1, 0.15) is 309 Å². The smallest absolute Gasteiger partial charge is 0.220 e. The largest absolute Gasteiger partial charge is 0.394 e. The summed E-state index contributed by atoms with van der Waals surface area (Å²) in [7, 11) is 0. The first-order chi connectivity index (χ1) is 35.8. The van der Waals surface area contributed by atoms with E-state index in [0.717, 1.165) is 51.4 Å². The second kappa shape index (κ2) is 53.8. The molecule has 1 aliphatic rings. The third-order valence-electron chi connectivity index (χ3n) is 15.2. The van der Waals surface area contributed by atoms with Gasteiger partial charge in [-0.05, 0) is 51.4 Å². The third kappa shape index (κ3) is 43.1. The number of ether oxygens (including phenoxy) is 2. The Morgan fingerprint density at radius 3 is 1.19 bits per heavy atom. The Labute approximate surface area is 451 Å². The lowest BCUT2D eigenvalue weighted by molar-refractivity contribution is -0.302. The summed E-state index contributed by atoms with van der Waals surface area (Å²) in [6, 6.07) is -0.717. The van der Waals surface area contributed by atoms with Gasteiger partial charge in [-0.25, -0.2) is 0 Å². The van der Waals surface area contributed by atoms with Crippen molar-refractivity contribution in [1.82, 2.24) is 5.32 Å². The Morgan fingerprint density at radius 2 is 0.808 bits per heavy atom. The van der Waals surface area contributed by atoms with Crippen LogP contribution < -0.4 is 5.32 Å². The fraction of sp³-hybridized carbons (Fsp3) is 0.891. The van der Waals surface area contributed by atoms with E-state index in [1.807, 2.05) is 0 Å². The molecule has 0 aromatic heterocycles. The number of hydrogen-bond donors (Lipinski definition) is 6. The van der Waals surface area contributed by atoms with E-state index in [2.05, 4.69) is 55.6 Å². The summed E-state index contributed by atoms with van der Waals surface area (Å²) in [4.78, 5) is 13.1. The monoisotopic (exact) mass is 1030 g/mol. The zero-order valence-electron chi connectivity index (χ0n) is 47.9. The fourth-order valence-corrected chi connectivity index (χ4v) is 10.2. The van der Waals surface area contributed by atoms with Crippen molar-refractivity contribution in [3.8, 4) is 0 Å². The van der Waals surface area contributed by atoms with Crippen molar-refractivity contribution >= 4 is 5.91 Å². The maximum Gasteiger partial charge on any atom is 0.220 e. The number of hydrogen-bond acceptors (Lipinski definition) is 8. The average Bonchev–Trinajstić information content (AvgIpc) is 3.39. The number of unbranched alkanes of at least 4 members (excludes halogenated alkanes) is 39. The fourth-order valence-electron chi connectivity index (χ4n) is 10.2. The highest BCUT2D eigenvalue weighted by Crippen LogP contribution is 2.23. The predicted octanol–water partition coefficient (Wildman–Crippen LogP) is 16.3. The maximum atomic E-state index is 13.1. The van der Waals surface area contributed by atoms with E-state index in [1.54, 1.807) is 0 Å². The molecule has 1 heterocycles. The second-order valence-electron chi connectivity index (χ2n) is 22.2. The molecule has 1 saturated heterocycles. The van der Waals surface area contributed by atoms with Crippen LogP contribution in [0.2, 0.25) is 0 Å². The van der Waals surface area contributed by atoms with E-state index in [-0.39, 0.29) is 12.5 Å². The minimum atomic E-state index is -1.55. The van der Waals surface area contributed by atoms with Gasteiger partial charge in [0.15, 0.2) is 6.29 Å². The van der Waals surface area contributed by atoms with Gasteiger partial charge in [-0.2, -0.15) is 0 Å². The third-order valence-corrected chi connectivity index (χ3v) is 15.2. The van der Waals surface area contributed by atoms with Crippen LogP contribution in [-0.2, 0) is 14.3 Å². The first-order valence-electron chi connectivity index (χ1n) is 31.7. The molecule has 0 bridgehead atoms. The van der Waals surface area contributed by atoms with Gasteiger partial charge in [0.25, 0.3) is 0 Å². The van der Waals surface area contributed by atoms with Crippen molar-refractivity contribution < 1.29 is 39.8 Å².